The first-order chi connectivity index (χ1) is 30.0. The number of allylic oxidation sites excluding steroid dienone is 10. The second-order valence-electron chi connectivity index (χ2n) is 17.1. The van der Waals surface area contributed by atoms with E-state index in [2.05, 4.69) is 81.5 Å². The van der Waals surface area contributed by atoms with Gasteiger partial charge in [-0.05, 0) is 83.5 Å². The number of ether oxygens (including phenoxy) is 3. The van der Waals surface area contributed by atoms with Crippen LogP contribution in [0.5, 0.6) is 0 Å². The van der Waals surface area contributed by atoms with Gasteiger partial charge in [0.2, 0.25) is 0 Å². The van der Waals surface area contributed by atoms with E-state index in [0.717, 1.165) is 64.2 Å². The van der Waals surface area contributed by atoms with Crippen molar-refractivity contribution in [3.63, 3.8) is 0 Å². The summed E-state index contributed by atoms with van der Waals surface area (Å²) in [5.41, 5.74) is 0. The molecular weight excluding hydrogens is 757 g/mol. The molecule has 0 unspecified atom stereocenters. The highest BCUT2D eigenvalue weighted by Gasteiger charge is 2.19. The second-order valence-corrected chi connectivity index (χ2v) is 17.1. The van der Waals surface area contributed by atoms with E-state index in [1.165, 1.54) is 141 Å². The van der Waals surface area contributed by atoms with Gasteiger partial charge in [-0.3, -0.25) is 14.4 Å². The highest BCUT2D eigenvalue weighted by molar-refractivity contribution is 5.71. The molecule has 0 aliphatic rings. The normalized spacial score (nSPS) is 12.5. The molecule has 0 bridgehead atoms. The molecule has 6 nitrogen and oxygen atoms in total. The molecule has 0 aromatic heterocycles. The lowest BCUT2D eigenvalue weighted by molar-refractivity contribution is -0.167. The van der Waals surface area contributed by atoms with Crippen LogP contribution in [0.2, 0.25) is 0 Å². The van der Waals surface area contributed by atoms with Gasteiger partial charge >= 0.3 is 17.9 Å². The van der Waals surface area contributed by atoms with Gasteiger partial charge in [0.15, 0.2) is 6.10 Å². The summed E-state index contributed by atoms with van der Waals surface area (Å²) in [5.74, 6) is -0.954. The van der Waals surface area contributed by atoms with E-state index >= 15 is 0 Å². The molecular formula is C55H96O6. The average Bonchev–Trinajstić information content (AvgIpc) is 3.26. The molecule has 0 aliphatic carbocycles. The Bertz CT molecular complexity index is 1120. The highest BCUT2D eigenvalue weighted by Crippen LogP contribution is 2.14. The van der Waals surface area contributed by atoms with Crippen molar-refractivity contribution in [3.8, 4) is 0 Å². The molecule has 0 aliphatic heterocycles. The van der Waals surface area contributed by atoms with Crippen LogP contribution < -0.4 is 0 Å². The summed E-state index contributed by atoms with van der Waals surface area (Å²) in [6.07, 6.45) is 60.7. The lowest BCUT2D eigenvalue weighted by Gasteiger charge is -2.18. The summed E-state index contributed by atoms with van der Waals surface area (Å²) in [7, 11) is 0. The first-order valence-corrected chi connectivity index (χ1v) is 25.8. The Kier molecular flexibility index (Phi) is 47.4. The molecule has 0 aromatic carbocycles. The van der Waals surface area contributed by atoms with Crippen molar-refractivity contribution in [3.05, 3.63) is 60.8 Å². The number of unbranched alkanes of at least 4 members (excludes halogenated alkanes) is 25. The third-order valence-corrected chi connectivity index (χ3v) is 11.0. The maximum atomic E-state index is 12.8. The summed E-state index contributed by atoms with van der Waals surface area (Å²) >= 11 is 0. The van der Waals surface area contributed by atoms with Gasteiger partial charge in [0.25, 0.3) is 0 Å². The topological polar surface area (TPSA) is 78.9 Å². The molecule has 0 N–H and O–H groups in total. The van der Waals surface area contributed by atoms with Crippen molar-refractivity contribution >= 4 is 17.9 Å². The van der Waals surface area contributed by atoms with Gasteiger partial charge in [0.1, 0.15) is 13.2 Å². The third-order valence-electron chi connectivity index (χ3n) is 11.0. The fraction of sp³-hybridized carbons (Fsp3) is 0.764. The Labute approximate surface area is 377 Å². The summed E-state index contributed by atoms with van der Waals surface area (Å²) in [6, 6.07) is 0. The second kappa shape index (κ2) is 49.8. The molecule has 0 aromatic rings. The molecule has 0 spiro atoms. The van der Waals surface area contributed by atoms with Crippen LogP contribution in [0.25, 0.3) is 0 Å². The Morgan fingerprint density at radius 2 is 0.607 bits per heavy atom. The molecule has 0 heterocycles. The fourth-order valence-corrected chi connectivity index (χ4v) is 7.08. The zero-order valence-electron chi connectivity index (χ0n) is 40.2. The van der Waals surface area contributed by atoms with Crippen LogP contribution in [0.3, 0.4) is 0 Å². The van der Waals surface area contributed by atoms with E-state index in [1.54, 1.807) is 0 Å². The Morgan fingerprint density at radius 3 is 1.03 bits per heavy atom. The quantitative estimate of drug-likeness (QED) is 0.0263. The van der Waals surface area contributed by atoms with Crippen molar-refractivity contribution in [2.45, 2.75) is 258 Å². The number of hydrogen-bond acceptors (Lipinski definition) is 6. The smallest absolute Gasteiger partial charge is 0.306 e. The summed E-state index contributed by atoms with van der Waals surface area (Å²) in [6.45, 7) is 6.54. The van der Waals surface area contributed by atoms with Gasteiger partial charge in [0.05, 0.1) is 0 Å². The molecule has 0 saturated carbocycles. The number of carbonyl (C=O) groups excluding carboxylic acids is 3. The van der Waals surface area contributed by atoms with E-state index < -0.39 is 6.10 Å². The minimum atomic E-state index is -0.795. The van der Waals surface area contributed by atoms with Gasteiger partial charge in [-0.1, -0.05) is 210 Å². The van der Waals surface area contributed by atoms with Gasteiger partial charge in [-0.25, -0.2) is 0 Å². The van der Waals surface area contributed by atoms with Crippen LogP contribution in [-0.4, -0.2) is 37.2 Å². The zero-order chi connectivity index (χ0) is 44.4. The molecule has 352 valence electrons. The SMILES string of the molecule is CCCCC/C=C\C/C=C\C/C=C\C/C=C\CCCC(=O)OC[C@@H](COC(=O)CCCCCCCCCCC)OC(=O)CCCCCCCCC/C=C\CCCCCCCC. The molecule has 6 heteroatoms. The van der Waals surface area contributed by atoms with Gasteiger partial charge in [-0.15, -0.1) is 0 Å². The van der Waals surface area contributed by atoms with Crippen LogP contribution >= 0.6 is 0 Å². The molecule has 0 amide bonds. The van der Waals surface area contributed by atoms with Crippen LogP contribution in [0.4, 0.5) is 0 Å². The standard InChI is InChI=1S/C55H96O6/c1-4-7-10-13-16-19-21-23-25-27-29-31-33-36-39-42-45-48-54(57)60-51-52(50-59-53(56)47-44-41-38-35-18-15-12-9-6-3)61-55(58)49-46-43-40-37-34-32-30-28-26-24-22-20-17-14-11-8-5-2/h16,19,23-26,29,31,36,39,52H,4-15,17-18,20-22,27-28,30,32-35,37-38,40-51H2,1-3H3/b19-16-,25-23-,26-24-,31-29-,39-36-/t52-/m1/s1. The highest BCUT2D eigenvalue weighted by atomic mass is 16.6. The number of hydrogen-bond donors (Lipinski definition) is 0. The molecule has 0 rings (SSSR count). The zero-order valence-corrected chi connectivity index (χ0v) is 40.2. The average molecular weight is 853 g/mol. The lowest BCUT2D eigenvalue weighted by Crippen LogP contribution is -2.30. The van der Waals surface area contributed by atoms with E-state index in [-0.39, 0.29) is 37.5 Å². The van der Waals surface area contributed by atoms with Crippen molar-refractivity contribution in [2.75, 3.05) is 13.2 Å². The minimum Gasteiger partial charge on any atom is -0.462 e. The molecule has 0 fully saturated rings. The number of carbonyl (C=O) groups is 3. The van der Waals surface area contributed by atoms with Crippen LogP contribution in [0, 0.1) is 0 Å². The van der Waals surface area contributed by atoms with Crippen molar-refractivity contribution in [1.29, 1.82) is 0 Å². The van der Waals surface area contributed by atoms with E-state index in [0.29, 0.717) is 19.3 Å². The molecule has 61 heavy (non-hydrogen) atoms. The van der Waals surface area contributed by atoms with Crippen LogP contribution in [0.1, 0.15) is 252 Å². The number of rotatable bonds is 46. The van der Waals surface area contributed by atoms with Crippen molar-refractivity contribution < 1.29 is 28.6 Å². The van der Waals surface area contributed by atoms with Gasteiger partial charge in [-0.2, -0.15) is 0 Å². The van der Waals surface area contributed by atoms with Gasteiger partial charge < -0.3 is 14.2 Å². The van der Waals surface area contributed by atoms with Crippen molar-refractivity contribution in [2.24, 2.45) is 0 Å². The Morgan fingerprint density at radius 1 is 0.328 bits per heavy atom. The first kappa shape index (κ1) is 58.1. The monoisotopic (exact) mass is 853 g/mol. The van der Waals surface area contributed by atoms with E-state index in [9.17, 15) is 14.4 Å². The fourth-order valence-electron chi connectivity index (χ4n) is 7.08. The summed E-state index contributed by atoms with van der Waals surface area (Å²) in [5, 5.41) is 0. The summed E-state index contributed by atoms with van der Waals surface area (Å²) < 4.78 is 16.7. The number of esters is 3. The molecule has 0 saturated heterocycles. The maximum Gasteiger partial charge on any atom is 0.306 e. The van der Waals surface area contributed by atoms with E-state index in [4.69, 9.17) is 14.2 Å². The Balaban J connectivity index is 4.41. The van der Waals surface area contributed by atoms with Crippen molar-refractivity contribution in [1.82, 2.24) is 0 Å². The Hall–Kier alpha value is -2.89. The summed E-state index contributed by atoms with van der Waals surface area (Å²) in [4.78, 5) is 37.9. The lowest BCUT2D eigenvalue weighted by atomic mass is 10.1. The molecule has 1 atom stereocenters. The maximum absolute atomic E-state index is 12.8. The predicted octanol–water partition coefficient (Wildman–Crippen LogP) is 16.9. The molecule has 0 radical (unpaired) electrons. The van der Waals surface area contributed by atoms with Crippen LogP contribution in [-0.2, 0) is 28.6 Å². The first-order valence-electron chi connectivity index (χ1n) is 25.8. The minimum absolute atomic E-state index is 0.0915. The van der Waals surface area contributed by atoms with Crippen LogP contribution in [0.15, 0.2) is 60.8 Å². The van der Waals surface area contributed by atoms with Gasteiger partial charge in [0, 0.05) is 19.3 Å². The predicted molar refractivity (Wildman–Crippen MR) is 261 cm³/mol. The third kappa shape index (κ3) is 48.0. The largest absolute Gasteiger partial charge is 0.462 e. The van der Waals surface area contributed by atoms with E-state index in [1.807, 2.05) is 0 Å².